The molecular formula is C15H24N2. The minimum Gasteiger partial charge on any atom is -0.313 e. The highest BCUT2D eigenvalue weighted by Gasteiger charge is 2.27. The van der Waals surface area contributed by atoms with Gasteiger partial charge in [0.15, 0.2) is 0 Å². The number of hydrogen-bond donors (Lipinski definition) is 1. The van der Waals surface area contributed by atoms with Crippen LogP contribution in [0.5, 0.6) is 0 Å². The quantitative estimate of drug-likeness (QED) is 0.863. The van der Waals surface area contributed by atoms with Crippen molar-refractivity contribution in [3.63, 3.8) is 0 Å². The first-order chi connectivity index (χ1) is 8.22. The van der Waals surface area contributed by atoms with Gasteiger partial charge < -0.3 is 5.32 Å². The van der Waals surface area contributed by atoms with E-state index < -0.39 is 0 Å². The average molecular weight is 232 g/mol. The molecule has 0 bridgehead atoms. The first kappa shape index (κ1) is 12.6. The molecule has 1 fully saturated rings. The van der Waals surface area contributed by atoms with E-state index in [1.165, 1.54) is 36.9 Å². The lowest BCUT2D eigenvalue weighted by Crippen LogP contribution is -2.29. The Hall–Kier alpha value is -0.890. The summed E-state index contributed by atoms with van der Waals surface area (Å²) < 4.78 is 0. The second-order valence-corrected chi connectivity index (χ2v) is 5.48. The highest BCUT2D eigenvalue weighted by molar-refractivity contribution is 5.23. The Bertz CT molecular complexity index is 362. The normalized spacial score (nSPS) is 26.8. The van der Waals surface area contributed by atoms with Gasteiger partial charge in [-0.15, -0.1) is 0 Å². The molecule has 2 heteroatoms. The molecule has 3 unspecified atom stereocenters. The van der Waals surface area contributed by atoms with E-state index in [9.17, 15) is 0 Å². The second-order valence-electron chi connectivity index (χ2n) is 5.48. The summed E-state index contributed by atoms with van der Waals surface area (Å²) in [7, 11) is 2.08. The molecule has 1 saturated carbocycles. The maximum atomic E-state index is 4.42. The fourth-order valence-electron chi connectivity index (χ4n) is 3.25. The third-order valence-corrected chi connectivity index (χ3v) is 4.14. The van der Waals surface area contributed by atoms with Crippen LogP contribution in [0.1, 0.15) is 49.9 Å². The Morgan fingerprint density at radius 1 is 1.41 bits per heavy atom. The van der Waals surface area contributed by atoms with Crippen LogP contribution >= 0.6 is 0 Å². The van der Waals surface area contributed by atoms with Crippen molar-refractivity contribution in [1.29, 1.82) is 0 Å². The van der Waals surface area contributed by atoms with Crippen LogP contribution in [-0.4, -0.2) is 12.0 Å². The third-order valence-electron chi connectivity index (χ3n) is 4.14. The van der Waals surface area contributed by atoms with Crippen molar-refractivity contribution >= 4 is 0 Å². The maximum absolute atomic E-state index is 4.42. The first-order valence-corrected chi connectivity index (χ1v) is 6.81. The maximum Gasteiger partial charge on any atom is 0.0420 e. The van der Waals surface area contributed by atoms with E-state index in [-0.39, 0.29) is 0 Å². The number of pyridine rings is 1. The van der Waals surface area contributed by atoms with Crippen molar-refractivity contribution in [3.05, 3.63) is 29.6 Å². The summed E-state index contributed by atoms with van der Waals surface area (Å²) in [4.78, 5) is 4.42. The Morgan fingerprint density at radius 2 is 2.24 bits per heavy atom. The Kier molecular flexibility index (Phi) is 4.16. The second kappa shape index (κ2) is 5.63. The van der Waals surface area contributed by atoms with E-state index in [2.05, 4.69) is 43.3 Å². The van der Waals surface area contributed by atoms with Gasteiger partial charge in [0.2, 0.25) is 0 Å². The summed E-state index contributed by atoms with van der Waals surface area (Å²) in [6.45, 7) is 4.50. The summed E-state index contributed by atoms with van der Waals surface area (Å²) in [5, 5.41) is 3.51. The average Bonchev–Trinajstić information content (AvgIpc) is 2.33. The van der Waals surface area contributed by atoms with Crippen molar-refractivity contribution in [2.75, 3.05) is 7.05 Å². The zero-order valence-electron chi connectivity index (χ0n) is 11.2. The van der Waals surface area contributed by atoms with Crippen LogP contribution in [0.2, 0.25) is 0 Å². The molecule has 1 aliphatic rings. The van der Waals surface area contributed by atoms with Gasteiger partial charge in [0.25, 0.3) is 0 Å². The van der Waals surface area contributed by atoms with E-state index in [1.54, 1.807) is 0 Å². The zero-order valence-corrected chi connectivity index (χ0v) is 11.2. The predicted octanol–water partition coefficient (Wildman–Crippen LogP) is 3.48. The number of aryl methyl sites for hydroxylation is 1. The van der Waals surface area contributed by atoms with E-state index in [4.69, 9.17) is 0 Å². The van der Waals surface area contributed by atoms with Gasteiger partial charge in [0.05, 0.1) is 0 Å². The number of nitrogens with one attached hydrogen (secondary N) is 1. The molecule has 1 heterocycles. The van der Waals surface area contributed by atoms with E-state index in [1.807, 2.05) is 6.20 Å². The molecule has 1 aromatic rings. The smallest absolute Gasteiger partial charge is 0.0420 e. The molecule has 94 valence electrons. The van der Waals surface area contributed by atoms with Crippen LogP contribution in [0.3, 0.4) is 0 Å². The topological polar surface area (TPSA) is 24.9 Å². The molecule has 0 spiro atoms. The molecule has 0 aromatic carbocycles. The standard InChI is InChI=1S/C15H24N2/c1-11-6-4-7-13(10-11)15(16-3)14-8-5-9-17-12(14)2/h5,8-9,11,13,15-16H,4,6-7,10H2,1-3H3. The lowest BCUT2D eigenvalue weighted by atomic mass is 9.76. The van der Waals surface area contributed by atoms with Gasteiger partial charge >= 0.3 is 0 Å². The van der Waals surface area contributed by atoms with Crippen molar-refractivity contribution in [2.24, 2.45) is 11.8 Å². The molecular weight excluding hydrogens is 208 g/mol. The number of hydrogen-bond acceptors (Lipinski definition) is 2. The van der Waals surface area contributed by atoms with Crippen LogP contribution in [0, 0.1) is 18.8 Å². The largest absolute Gasteiger partial charge is 0.313 e. The van der Waals surface area contributed by atoms with Crippen LogP contribution in [0.15, 0.2) is 18.3 Å². The molecule has 1 aliphatic carbocycles. The van der Waals surface area contributed by atoms with Gasteiger partial charge in [0, 0.05) is 17.9 Å². The summed E-state index contributed by atoms with van der Waals surface area (Å²) in [6, 6.07) is 4.76. The highest BCUT2D eigenvalue weighted by Crippen LogP contribution is 2.37. The van der Waals surface area contributed by atoms with Crippen molar-refractivity contribution in [3.8, 4) is 0 Å². The third kappa shape index (κ3) is 2.86. The van der Waals surface area contributed by atoms with Crippen LogP contribution in [0.4, 0.5) is 0 Å². The molecule has 2 rings (SSSR count). The van der Waals surface area contributed by atoms with Crippen molar-refractivity contribution in [2.45, 2.75) is 45.6 Å². The molecule has 2 nitrogen and oxygen atoms in total. The molecule has 17 heavy (non-hydrogen) atoms. The summed E-state index contributed by atoms with van der Waals surface area (Å²) >= 11 is 0. The van der Waals surface area contributed by atoms with Crippen LogP contribution in [-0.2, 0) is 0 Å². The predicted molar refractivity (Wildman–Crippen MR) is 71.9 cm³/mol. The van der Waals surface area contributed by atoms with E-state index in [0.717, 1.165) is 11.8 Å². The minimum atomic E-state index is 0.478. The molecule has 0 radical (unpaired) electrons. The zero-order chi connectivity index (χ0) is 12.3. The van der Waals surface area contributed by atoms with Gasteiger partial charge in [-0.3, -0.25) is 4.98 Å². The SMILES string of the molecule is CNC(c1cccnc1C)C1CCCC(C)C1. The molecule has 3 atom stereocenters. The van der Waals surface area contributed by atoms with Gasteiger partial charge in [0.1, 0.15) is 0 Å². The molecule has 0 amide bonds. The lowest BCUT2D eigenvalue weighted by molar-refractivity contribution is 0.229. The van der Waals surface area contributed by atoms with Crippen molar-refractivity contribution in [1.82, 2.24) is 10.3 Å². The summed E-state index contributed by atoms with van der Waals surface area (Å²) in [6.07, 6.45) is 7.36. The van der Waals surface area contributed by atoms with Crippen molar-refractivity contribution < 1.29 is 0 Å². The fourth-order valence-corrected chi connectivity index (χ4v) is 3.25. The lowest BCUT2D eigenvalue weighted by Gasteiger charge is -2.33. The van der Waals surface area contributed by atoms with Crippen LogP contribution in [0.25, 0.3) is 0 Å². The monoisotopic (exact) mass is 232 g/mol. The first-order valence-electron chi connectivity index (χ1n) is 6.81. The molecule has 1 aromatic heterocycles. The van der Waals surface area contributed by atoms with Crippen LogP contribution < -0.4 is 5.32 Å². The Balaban J connectivity index is 2.18. The van der Waals surface area contributed by atoms with E-state index in [0.29, 0.717) is 6.04 Å². The summed E-state index contributed by atoms with van der Waals surface area (Å²) in [5.74, 6) is 1.65. The van der Waals surface area contributed by atoms with Gasteiger partial charge in [-0.1, -0.05) is 25.8 Å². The highest BCUT2D eigenvalue weighted by atomic mass is 14.9. The summed E-state index contributed by atoms with van der Waals surface area (Å²) in [5.41, 5.74) is 2.55. The Morgan fingerprint density at radius 3 is 2.88 bits per heavy atom. The molecule has 1 N–H and O–H groups in total. The van der Waals surface area contributed by atoms with Gasteiger partial charge in [-0.05, 0) is 50.3 Å². The minimum absolute atomic E-state index is 0.478. The fraction of sp³-hybridized carbons (Fsp3) is 0.667. The van der Waals surface area contributed by atoms with E-state index >= 15 is 0 Å². The number of rotatable bonds is 3. The molecule has 0 aliphatic heterocycles. The molecule has 0 saturated heterocycles. The van der Waals surface area contributed by atoms with Gasteiger partial charge in [-0.2, -0.15) is 0 Å². The Labute approximate surface area is 105 Å². The number of nitrogens with zero attached hydrogens (tertiary/aromatic N) is 1. The number of aromatic nitrogens is 1. The van der Waals surface area contributed by atoms with Gasteiger partial charge in [-0.25, -0.2) is 0 Å².